The number of guanidine groups is 1. The van der Waals surface area contributed by atoms with Crippen molar-refractivity contribution in [2.45, 2.75) is 20.0 Å². The molecule has 0 unspecified atom stereocenters. The molecule has 1 aromatic heterocycles. The number of carbonyl (C=O) groups excluding carboxylic acids is 1. The number of carbonyl (C=O) groups is 1. The lowest BCUT2D eigenvalue weighted by Gasteiger charge is -2.22. The standard InChI is InChI=1S/C18H23ClN4O2/c1-3-20-18(23(2)13-14-6-8-15(19)9-7-14)22-12-17(24)21-11-16-5-4-10-25-16/h4-10H,3,11-13H2,1-2H3,(H,20,22)(H,21,24). The Hall–Kier alpha value is -2.47. The largest absolute Gasteiger partial charge is 0.467 e. The van der Waals surface area contributed by atoms with Gasteiger partial charge < -0.3 is 20.0 Å². The van der Waals surface area contributed by atoms with E-state index in [0.29, 0.717) is 29.8 Å². The van der Waals surface area contributed by atoms with Crippen LogP contribution < -0.4 is 10.6 Å². The van der Waals surface area contributed by atoms with E-state index < -0.39 is 0 Å². The smallest absolute Gasteiger partial charge is 0.242 e. The number of nitrogens with zero attached hydrogens (tertiary/aromatic N) is 2. The van der Waals surface area contributed by atoms with Crippen LogP contribution in [0.1, 0.15) is 18.2 Å². The highest BCUT2D eigenvalue weighted by Gasteiger charge is 2.08. The summed E-state index contributed by atoms with van der Waals surface area (Å²) in [5.41, 5.74) is 1.11. The van der Waals surface area contributed by atoms with Crippen molar-refractivity contribution in [2.24, 2.45) is 4.99 Å². The van der Waals surface area contributed by atoms with E-state index in [2.05, 4.69) is 15.6 Å². The summed E-state index contributed by atoms with van der Waals surface area (Å²) in [4.78, 5) is 18.3. The molecule has 2 aromatic rings. The lowest BCUT2D eigenvalue weighted by atomic mass is 10.2. The predicted molar refractivity (Wildman–Crippen MR) is 99.5 cm³/mol. The van der Waals surface area contributed by atoms with E-state index in [0.717, 1.165) is 12.1 Å². The van der Waals surface area contributed by atoms with Gasteiger partial charge >= 0.3 is 0 Å². The molecule has 25 heavy (non-hydrogen) atoms. The van der Waals surface area contributed by atoms with Gasteiger partial charge in [-0.1, -0.05) is 23.7 Å². The first-order chi connectivity index (χ1) is 12.1. The number of furan rings is 1. The summed E-state index contributed by atoms with van der Waals surface area (Å²) in [6.45, 7) is 3.78. The molecule has 0 radical (unpaired) electrons. The van der Waals surface area contributed by atoms with E-state index in [1.807, 2.05) is 49.2 Å². The molecule has 0 bridgehead atoms. The van der Waals surface area contributed by atoms with E-state index in [-0.39, 0.29) is 12.5 Å². The first-order valence-electron chi connectivity index (χ1n) is 8.11. The molecule has 0 aliphatic rings. The van der Waals surface area contributed by atoms with Gasteiger partial charge in [0, 0.05) is 25.2 Å². The van der Waals surface area contributed by atoms with E-state index in [1.165, 1.54) is 0 Å². The van der Waals surface area contributed by atoms with Crippen LogP contribution in [0.2, 0.25) is 5.02 Å². The molecule has 1 heterocycles. The van der Waals surface area contributed by atoms with Gasteiger partial charge in [-0.2, -0.15) is 0 Å². The molecule has 2 N–H and O–H groups in total. The second-order valence-corrected chi connectivity index (χ2v) is 5.95. The first-order valence-corrected chi connectivity index (χ1v) is 8.49. The van der Waals surface area contributed by atoms with Gasteiger partial charge in [-0.15, -0.1) is 0 Å². The zero-order valence-corrected chi connectivity index (χ0v) is 15.2. The van der Waals surface area contributed by atoms with Crippen LogP contribution in [0.4, 0.5) is 0 Å². The van der Waals surface area contributed by atoms with Gasteiger partial charge in [-0.05, 0) is 36.8 Å². The molecule has 0 atom stereocenters. The molecule has 0 fully saturated rings. The molecule has 6 nitrogen and oxygen atoms in total. The third kappa shape index (κ3) is 6.51. The molecule has 1 amide bonds. The number of amides is 1. The summed E-state index contributed by atoms with van der Waals surface area (Å²) < 4.78 is 5.18. The van der Waals surface area contributed by atoms with Gasteiger partial charge in [0.05, 0.1) is 12.8 Å². The minimum atomic E-state index is -0.160. The molecule has 1 aromatic carbocycles. The topological polar surface area (TPSA) is 69.9 Å². The van der Waals surface area contributed by atoms with Crippen LogP contribution in [0.25, 0.3) is 0 Å². The molecule has 0 aliphatic heterocycles. The Kier molecular flexibility index (Phi) is 7.35. The van der Waals surface area contributed by atoms with Crippen molar-refractivity contribution in [2.75, 3.05) is 20.1 Å². The summed E-state index contributed by atoms with van der Waals surface area (Å²) in [7, 11) is 1.93. The van der Waals surface area contributed by atoms with Crippen molar-refractivity contribution in [3.8, 4) is 0 Å². The SMILES string of the molecule is CCNC(=NCC(=O)NCc1ccco1)N(C)Cc1ccc(Cl)cc1. The highest BCUT2D eigenvalue weighted by atomic mass is 35.5. The number of hydrogen-bond donors (Lipinski definition) is 2. The van der Waals surface area contributed by atoms with Crippen molar-refractivity contribution in [1.29, 1.82) is 0 Å². The second kappa shape index (κ2) is 9.74. The van der Waals surface area contributed by atoms with Gasteiger partial charge in [0.15, 0.2) is 5.96 Å². The van der Waals surface area contributed by atoms with Crippen molar-refractivity contribution >= 4 is 23.5 Å². The van der Waals surface area contributed by atoms with E-state index >= 15 is 0 Å². The zero-order valence-electron chi connectivity index (χ0n) is 14.5. The maximum absolute atomic E-state index is 11.9. The fourth-order valence-electron chi connectivity index (χ4n) is 2.21. The molecule has 0 saturated carbocycles. The van der Waals surface area contributed by atoms with Crippen LogP contribution in [-0.2, 0) is 17.9 Å². The molecule has 2 rings (SSSR count). The number of hydrogen-bond acceptors (Lipinski definition) is 3. The maximum atomic E-state index is 11.9. The van der Waals surface area contributed by atoms with E-state index in [1.54, 1.807) is 12.3 Å². The van der Waals surface area contributed by atoms with Crippen LogP contribution in [-0.4, -0.2) is 36.9 Å². The highest BCUT2D eigenvalue weighted by molar-refractivity contribution is 6.30. The van der Waals surface area contributed by atoms with Crippen LogP contribution in [0.15, 0.2) is 52.1 Å². The monoisotopic (exact) mass is 362 g/mol. The molecular formula is C18H23ClN4O2. The molecule has 134 valence electrons. The molecule has 7 heteroatoms. The van der Waals surface area contributed by atoms with E-state index in [9.17, 15) is 4.79 Å². The Morgan fingerprint density at radius 1 is 1.24 bits per heavy atom. The number of halogens is 1. The summed E-state index contributed by atoms with van der Waals surface area (Å²) in [5, 5.41) is 6.68. The maximum Gasteiger partial charge on any atom is 0.242 e. The summed E-state index contributed by atoms with van der Waals surface area (Å²) in [5.74, 6) is 1.22. The molecule has 0 spiro atoms. The number of benzene rings is 1. The highest BCUT2D eigenvalue weighted by Crippen LogP contribution is 2.11. The number of rotatable bonds is 7. The van der Waals surface area contributed by atoms with Crippen LogP contribution in [0.3, 0.4) is 0 Å². The summed E-state index contributed by atoms with van der Waals surface area (Å²) >= 11 is 5.91. The Morgan fingerprint density at radius 3 is 2.64 bits per heavy atom. The fraction of sp³-hybridized carbons (Fsp3) is 0.333. The summed E-state index contributed by atoms with van der Waals surface area (Å²) in [6, 6.07) is 11.3. The predicted octanol–water partition coefficient (Wildman–Crippen LogP) is 2.65. The minimum Gasteiger partial charge on any atom is -0.467 e. The Morgan fingerprint density at radius 2 is 2.00 bits per heavy atom. The molecule has 0 aliphatic carbocycles. The van der Waals surface area contributed by atoms with Crippen molar-refractivity contribution in [3.63, 3.8) is 0 Å². The summed E-state index contributed by atoms with van der Waals surface area (Å²) in [6.07, 6.45) is 1.58. The van der Waals surface area contributed by atoms with Crippen molar-refractivity contribution in [1.82, 2.24) is 15.5 Å². The Balaban J connectivity index is 1.89. The number of aliphatic imine (C=N–C) groups is 1. The third-order valence-electron chi connectivity index (χ3n) is 3.44. The van der Waals surface area contributed by atoms with Gasteiger partial charge in [-0.3, -0.25) is 4.79 Å². The zero-order chi connectivity index (χ0) is 18.1. The average Bonchev–Trinajstić information content (AvgIpc) is 3.12. The first kappa shape index (κ1) is 18.9. The minimum absolute atomic E-state index is 0.0496. The van der Waals surface area contributed by atoms with Gasteiger partial charge in [-0.25, -0.2) is 4.99 Å². The van der Waals surface area contributed by atoms with Crippen LogP contribution in [0.5, 0.6) is 0 Å². The average molecular weight is 363 g/mol. The lowest BCUT2D eigenvalue weighted by molar-refractivity contribution is -0.119. The number of nitrogens with one attached hydrogen (secondary N) is 2. The molecule has 0 saturated heterocycles. The van der Waals surface area contributed by atoms with Gasteiger partial charge in [0.25, 0.3) is 0 Å². The Labute approximate surface area is 152 Å². The quantitative estimate of drug-likeness (QED) is 0.587. The third-order valence-corrected chi connectivity index (χ3v) is 3.69. The van der Waals surface area contributed by atoms with E-state index in [4.69, 9.17) is 16.0 Å². The van der Waals surface area contributed by atoms with Gasteiger partial charge in [0.1, 0.15) is 12.3 Å². The molecular weight excluding hydrogens is 340 g/mol. The fourth-order valence-corrected chi connectivity index (χ4v) is 2.34. The van der Waals surface area contributed by atoms with Crippen molar-refractivity contribution < 1.29 is 9.21 Å². The Bertz CT molecular complexity index is 684. The van der Waals surface area contributed by atoms with Crippen molar-refractivity contribution in [3.05, 3.63) is 59.0 Å². The second-order valence-electron chi connectivity index (χ2n) is 5.51. The lowest BCUT2D eigenvalue weighted by Crippen LogP contribution is -2.39. The van der Waals surface area contributed by atoms with Crippen LogP contribution in [0, 0.1) is 0 Å². The normalized spacial score (nSPS) is 11.2. The van der Waals surface area contributed by atoms with Crippen LogP contribution >= 0.6 is 11.6 Å². The van der Waals surface area contributed by atoms with Gasteiger partial charge in [0.2, 0.25) is 5.91 Å².